The molecule has 0 bridgehead atoms. The van der Waals surface area contributed by atoms with Crippen molar-refractivity contribution in [3.05, 3.63) is 28.0 Å². The first-order valence-electron chi connectivity index (χ1n) is 6.79. The fourth-order valence-corrected chi connectivity index (χ4v) is 3.23. The Hall–Kier alpha value is -1.62. The first-order chi connectivity index (χ1) is 9.56. The molecule has 0 saturated carbocycles. The third kappa shape index (κ3) is 3.93. The van der Waals surface area contributed by atoms with Gasteiger partial charge in [-0.25, -0.2) is 0 Å². The van der Waals surface area contributed by atoms with Crippen LogP contribution in [-0.4, -0.2) is 35.0 Å². The van der Waals surface area contributed by atoms with E-state index in [2.05, 4.69) is 0 Å². The number of carboxylic acids is 1. The molecular weight excluding hydrogens is 274 g/mol. The average Bonchev–Trinajstić information content (AvgIpc) is 2.82. The van der Waals surface area contributed by atoms with Gasteiger partial charge >= 0.3 is 5.97 Å². The van der Waals surface area contributed by atoms with Gasteiger partial charge in [-0.1, -0.05) is 0 Å². The largest absolute Gasteiger partial charge is 0.481 e. The molecule has 0 aliphatic carbocycles. The Kier molecular flexibility index (Phi) is 4.95. The number of aryl methyl sites for hydroxylation is 1. The molecule has 0 spiro atoms. The fourth-order valence-electron chi connectivity index (χ4n) is 2.41. The highest BCUT2D eigenvalue weighted by Crippen LogP contribution is 2.21. The molecule has 0 unspecified atom stereocenters. The van der Waals surface area contributed by atoms with Gasteiger partial charge in [-0.2, -0.15) is 0 Å². The van der Waals surface area contributed by atoms with Crippen molar-refractivity contribution in [3.63, 3.8) is 0 Å². The molecule has 1 saturated heterocycles. The number of aliphatic carboxylic acids is 1. The number of carboxylic acid groups (broad SMARTS) is 1. The zero-order chi connectivity index (χ0) is 14.5. The summed E-state index contributed by atoms with van der Waals surface area (Å²) in [5, 5.41) is 10.8. The van der Waals surface area contributed by atoms with Crippen molar-refractivity contribution >= 4 is 29.3 Å². The lowest BCUT2D eigenvalue weighted by Gasteiger charge is -2.30. The second-order valence-corrected chi connectivity index (χ2v) is 6.12. The fraction of sp³-hybridized carbons (Fsp3) is 0.467. The van der Waals surface area contributed by atoms with Crippen molar-refractivity contribution in [2.75, 3.05) is 13.1 Å². The lowest BCUT2D eigenvalue weighted by Crippen LogP contribution is -2.37. The van der Waals surface area contributed by atoms with Gasteiger partial charge in [0.2, 0.25) is 5.91 Å². The maximum absolute atomic E-state index is 12.1. The third-order valence-corrected chi connectivity index (χ3v) is 4.65. The van der Waals surface area contributed by atoms with E-state index in [1.807, 2.05) is 24.4 Å². The van der Waals surface area contributed by atoms with E-state index in [0.29, 0.717) is 13.1 Å². The van der Waals surface area contributed by atoms with Crippen LogP contribution in [0.5, 0.6) is 0 Å². The predicted molar refractivity (Wildman–Crippen MR) is 79.6 cm³/mol. The highest BCUT2D eigenvalue weighted by Gasteiger charge is 2.23. The van der Waals surface area contributed by atoms with Gasteiger partial charge in [0.1, 0.15) is 0 Å². The van der Waals surface area contributed by atoms with Crippen molar-refractivity contribution in [1.82, 2.24) is 4.90 Å². The van der Waals surface area contributed by atoms with Crippen LogP contribution in [0.15, 0.2) is 17.5 Å². The SMILES string of the molecule is Cc1ccsc1C=CC(=O)N1CCC(CC(=O)O)CC1. The molecule has 5 heteroatoms. The monoisotopic (exact) mass is 293 g/mol. The normalized spacial score (nSPS) is 16.8. The molecule has 1 aromatic heterocycles. The van der Waals surface area contributed by atoms with Crippen molar-refractivity contribution in [1.29, 1.82) is 0 Å². The number of carbonyl (C=O) groups excluding carboxylic acids is 1. The smallest absolute Gasteiger partial charge is 0.303 e. The van der Waals surface area contributed by atoms with Crippen LogP contribution in [0.4, 0.5) is 0 Å². The molecule has 1 amide bonds. The Labute approximate surface area is 122 Å². The second kappa shape index (κ2) is 6.70. The number of hydrogen-bond acceptors (Lipinski definition) is 3. The number of likely N-dealkylation sites (tertiary alicyclic amines) is 1. The quantitative estimate of drug-likeness (QED) is 0.868. The highest BCUT2D eigenvalue weighted by molar-refractivity contribution is 7.11. The highest BCUT2D eigenvalue weighted by atomic mass is 32.1. The van der Waals surface area contributed by atoms with Crippen LogP contribution in [0.2, 0.25) is 0 Å². The number of thiophene rings is 1. The third-order valence-electron chi connectivity index (χ3n) is 3.67. The summed E-state index contributed by atoms with van der Waals surface area (Å²) in [4.78, 5) is 25.6. The lowest BCUT2D eigenvalue weighted by molar-refractivity contribution is -0.138. The van der Waals surface area contributed by atoms with E-state index in [-0.39, 0.29) is 18.2 Å². The van der Waals surface area contributed by atoms with Gasteiger partial charge < -0.3 is 10.0 Å². The van der Waals surface area contributed by atoms with E-state index in [0.717, 1.165) is 17.7 Å². The van der Waals surface area contributed by atoms with Crippen LogP contribution >= 0.6 is 11.3 Å². The van der Waals surface area contributed by atoms with Crippen molar-refractivity contribution in [3.8, 4) is 0 Å². The van der Waals surface area contributed by atoms with E-state index < -0.39 is 5.97 Å². The van der Waals surface area contributed by atoms with Crippen LogP contribution in [0.25, 0.3) is 6.08 Å². The van der Waals surface area contributed by atoms with Crippen molar-refractivity contribution in [2.24, 2.45) is 5.92 Å². The molecule has 1 aliphatic heterocycles. The summed E-state index contributed by atoms with van der Waals surface area (Å²) < 4.78 is 0. The zero-order valence-electron chi connectivity index (χ0n) is 11.5. The summed E-state index contributed by atoms with van der Waals surface area (Å²) in [7, 11) is 0. The topological polar surface area (TPSA) is 57.6 Å². The molecule has 1 N–H and O–H groups in total. The van der Waals surface area contributed by atoms with Crippen molar-refractivity contribution in [2.45, 2.75) is 26.2 Å². The Morgan fingerprint density at radius 3 is 2.70 bits per heavy atom. The van der Waals surface area contributed by atoms with Crippen LogP contribution < -0.4 is 0 Å². The van der Waals surface area contributed by atoms with E-state index >= 15 is 0 Å². The van der Waals surface area contributed by atoms with Crippen LogP contribution in [0.1, 0.15) is 29.7 Å². The van der Waals surface area contributed by atoms with Crippen LogP contribution in [0, 0.1) is 12.8 Å². The number of rotatable bonds is 4. The summed E-state index contributed by atoms with van der Waals surface area (Å²) in [6, 6.07) is 2.03. The first-order valence-corrected chi connectivity index (χ1v) is 7.67. The Morgan fingerprint density at radius 1 is 1.45 bits per heavy atom. The van der Waals surface area contributed by atoms with E-state index in [9.17, 15) is 9.59 Å². The number of piperidine rings is 1. The summed E-state index contributed by atoms with van der Waals surface area (Å²) in [5.74, 6) is -0.519. The Morgan fingerprint density at radius 2 is 2.15 bits per heavy atom. The maximum atomic E-state index is 12.1. The number of amides is 1. The van der Waals surface area contributed by atoms with Gasteiger partial charge in [-0.3, -0.25) is 9.59 Å². The Balaban J connectivity index is 1.84. The molecular formula is C15H19NO3S. The van der Waals surface area contributed by atoms with Crippen molar-refractivity contribution < 1.29 is 14.7 Å². The van der Waals surface area contributed by atoms with Gasteiger partial charge in [0.15, 0.2) is 0 Å². The second-order valence-electron chi connectivity index (χ2n) is 5.17. The van der Waals surface area contributed by atoms with E-state index in [1.54, 1.807) is 22.3 Å². The molecule has 4 nitrogen and oxygen atoms in total. The molecule has 0 aromatic carbocycles. The number of carbonyl (C=O) groups is 2. The summed E-state index contributed by atoms with van der Waals surface area (Å²) >= 11 is 1.62. The number of nitrogens with zero attached hydrogens (tertiary/aromatic N) is 1. The minimum Gasteiger partial charge on any atom is -0.481 e. The Bertz CT molecular complexity index is 513. The van der Waals surface area contributed by atoms with Gasteiger partial charge in [-0.05, 0) is 48.8 Å². The molecule has 0 radical (unpaired) electrons. The molecule has 2 heterocycles. The summed E-state index contributed by atoms with van der Waals surface area (Å²) in [6.07, 6.45) is 5.27. The predicted octanol–water partition coefficient (Wildman–Crippen LogP) is 2.78. The maximum Gasteiger partial charge on any atom is 0.303 e. The number of hydrogen-bond donors (Lipinski definition) is 1. The standard InChI is InChI=1S/C15H19NO3S/c1-11-6-9-20-13(11)2-3-14(17)16-7-4-12(5-8-16)10-15(18)19/h2-3,6,9,12H,4-5,7-8,10H2,1H3,(H,18,19). The lowest BCUT2D eigenvalue weighted by atomic mass is 9.93. The summed E-state index contributed by atoms with van der Waals surface area (Å²) in [6.45, 7) is 3.34. The first kappa shape index (κ1) is 14.8. The molecule has 0 atom stereocenters. The molecule has 1 fully saturated rings. The summed E-state index contributed by atoms with van der Waals surface area (Å²) in [5.41, 5.74) is 1.18. The molecule has 1 aromatic rings. The molecule has 1 aliphatic rings. The van der Waals surface area contributed by atoms with Crippen LogP contribution in [-0.2, 0) is 9.59 Å². The molecule has 20 heavy (non-hydrogen) atoms. The molecule has 108 valence electrons. The van der Waals surface area contributed by atoms with Gasteiger partial charge in [0, 0.05) is 30.5 Å². The van der Waals surface area contributed by atoms with E-state index in [1.165, 1.54) is 5.56 Å². The van der Waals surface area contributed by atoms with Gasteiger partial charge in [0.05, 0.1) is 0 Å². The average molecular weight is 293 g/mol. The zero-order valence-corrected chi connectivity index (χ0v) is 12.4. The molecule has 2 rings (SSSR count). The van der Waals surface area contributed by atoms with Crippen LogP contribution in [0.3, 0.4) is 0 Å². The van der Waals surface area contributed by atoms with Gasteiger partial charge in [0.25, 0.3) is 0 Å². The van der Waals surface area contributed by atoms with E-state index in [4.69, 9.17) is 5.11 Å². The van der Waals surface area contributed by atoms with Gasteiger partial charge in [-0.15, -0.1) is 11.3 Å². The minimum absolute atomic E-state index is 0.0200. The minimum atomic E-state index is -0.747.